The third kappa shape index (κ3) is 3.03. The van der Waals surface area contributed by atoms with Crippen LogP contribution in [-0.4, -0.2) is 11.9 Å². The van der Waals surface area contributed by atoms with E-state index >= 15 is 0 Å². The Balaban J connectivity index is 1.97. The summed E-state index contributed by atoms with van der Waals surface area (Å²) in [6, 6.07) is 7.40. The van der Waals surface area contributed by atoms with E-state index < -0.39 is 0 Å². The highest BCUT2D eigenvalue weighted by molar-refractivity contribution is 5.94. The zero-order chi connectivity index (χ0) is 13.1. The summed E-state index contributed by atoms with van der Waals surface area (Å²) in [4.78, 5) is 12.1. The second kappa shape index (κ2) is 5.42. The number of carbonyl (C=O) groups is 1. The topological polar surface area (TPSA) is 55.1 Å². The third-order valence-corrected chi connectivity index (χ3v) is 3.92. The molecule has 0 aromatic heterocycles. The fourth-order valence-corrected chi connectivity index (χ4v) is 2.77. The fourth-order valence-electron chi connectivity index (χ4n) is 2.77. The van der Waals surface area contributed by atoms with Crippen LogP contribution in [0.5, 0.6) is 0 Å². The van der Waals surface area contributed by atoms with Crippen molar-refractivity contribution in [1.82, 2.24) is 5.32 Å². The van der Waals surface area contributed by atoms with Crippen LogP contribution in [0.25, 0.3) is 0 Å². The number of amides is 1. The van der Waals surface area contributed by atoms with Gasteiger partial charge >= 0.3 is 0 Å². The van der Waals surface area contributed by atoms with Crippen molar-refractivity contribution in [3.63, 3.8) is 0 Å². The number of nitrogens with two attached hydrogens (primary N) is 1. The minimum atomic E-state index is 0.0152. The molecule has 0 bridgehead atoms. The SMILES string of the molecule is CC1CCC(NC(=O)c2ccc(N)cc2)C(C)C1. The molecule has 1 saturated carbocycles. The molecule has 3 heteroatoms. The van der Waals surface area contributed by atoms with Gasteiger partial charge in [-0.05, 0) is 55.4 Å². The summed E-state index contributed by atoms with van der Waals surface area (Å²) in [7, 11) is 0. The van der Waals surface area contributed by atoms with E-state index in [-0.39, 0.29) is 5.91 Å². The number of hydrogen-bond acceptors (Lipinski definition) is 2. The molecule has 3 nitrogen and oxygen atoms in total. The summed E-state index contributed by atoms with van der Waals surface area (Å²) >= 11 is 0. The molecule has 1 aromatic carbocycles. The van der Waals surface area contributed by atoms with Gasteiger partial charge in [0.25, 0.3) is 5.91 Å². The first kappa shape index (κ1) is 12.9. The van der Waals surface area contributed by atoms with Crippen LogP contribution < -0.4 is 11.1 Å². The maximum atomic E-state index is 12.1. The van der Waals surface area contributed by atoms with Crippen molar-refractivity contribution in [2.45, 2.75) is 39.2 Å². The molecule has 0 heterocycles. The Kier molecular flexibility index (Phi) is 3.90. The van der Waals surface area contributed by atoms with E-state index in [1.807, 2.05) is 0 Å². The lowest BCUT2D eigenvalue weighted by atomic mass is 9.80. The molecule has 1 aliphatic carbocycles. The van der Waals surface area contributed by atoms with Crippen molar-refractivity contribution in [1.29, 1.82) is 0 Å². The Morgan fingerprint density at radius 3 is 2.50 bits per heavy atom. The van der Waals surface area contributed by atoms with Crippen molar-refractivity contribution in [2.24, 2.45) is 11.8 Å². The zero-order valence-electron chi connectivity index (χ0n) is 11.1. The van der Waals surface area contributed by atoms with Crippen molar-refractivity contribution in [3.8, 4) is 0 Å². The van der Waals surface area contributed by atoms with Gasteiger partial charge in [-0.1, -0.05) is 13.8 Å². The summed E-state index contributed by atoms with van der Waals surface area (Å²) < 4.78 is 0. The molecule has 3 N–H and O–H groups in total. The van der Waals surface area contributed by atoms with Crippen LogP contribution in [0.2, 0.25) is 0 Å². The van der Waals surface area contributed by atoms with E-state index in [9.17, 15) is 4.79 Å². The van der Waals surface area contributed by atoms with E-state index in [1.54, 1.807) is 24.3 Å². The van der Waals surface area contributed by atoms with Gasteiger partial charge in [-0.15, -0.1) is 0 Å². The van der Waals surface area contributed by atoms with Crippen LogP contribution in [0.4, 0.5) is 5.69 Å². The number of hydrogen-bond donors (Lipinski definition) is 2. The smallest absolute Gasteiger partial charge is 0.251 e. The van der Waals surface area contributed by atoms with Gasteiger partial charge in [-0.2, -0.15) is 0 Å². The average molecular weight is 246 g/mol. The number of anilines is 1. The van der Waals surface area contributed by atoms with Crippen molar-refractivity contribution in [2.75, 3.05) is 5.73 Å². The summed E-state index contributed by atoms with van der Waals surface area (Å²) in [5, 5.41) is 3.15. The van der Waals surface area contributed by atoms with Crippen LogP contribution in [0, 0.1) is 11.8 Å². The molecule has 3 unspecified atom stereocenters. The lowest BCUT2D eigenvalue weighted by Gasteiger charge is -2.33. The summed E-state index contributed by atoms with van der Waals surface area (Å²) in [6.07, 6.45) is 3.49. The molecule has 1 amide bonds. The van der Waals surface area contributed by atoms with E-state index in [2.05, 4.69) is 19.2 Å². The molecule has 98 valence electrons. The molecule has 1 fully saturated rings. The monoisotopic (exact) mass is 246 g/mol. The number of nitrogen functional groups attached to an aromatic ring is 1. The summed E-state index contributed by atoms with van der Waals surface area (Å²) in [5.74, 6) is 1.36. The molecule has 0 spiro atoms. The van der Waals surface area contributed by atoms with Crippen LogP contribution in [0.15, 0.2) is 24.3 Å². The number of carbonyl (C=O) groups excluding carboxylic acids is 1. The van der Waals surface area contributed by atoms with Crippen LogP contribution >= 0.6 is 0 Å². The number of nitrogens with one attached hydrogen (secondary N) is 1. The van der Waals surface area contributed by atoms with Crippen molar-refractivity contribution in [3.05, 3.63) is 29.8 Å². The molecule has 1 aromatic rings. The minimum Gasteiger partial charge on any atom is -0.399 e. The van der Waals surface area contributed by atoms with Crippen molar-refractivity contribution < 1.29 is 4.79 Å². The van der Waals surface area contributed by atoms with Gasteiger partial charge in [0.15, 0.2) is 0 Å². The van der Waals surface area contributed by atoms with Gasteiger partial charge in [0.1, 0.15) is 0 Å². The Morgan fingerprint density at radius 2 is 1.89 bits per heavy atom. The molecule has 3 atom stereocenters. The zero-order valence-corrected chi connectivity index (χ0v) is 11.1. The molecule has 0 saturated heterocycles. The number of rotatable bonds is 2. The molecule has 18 heavy (non-hydrogen) atoms. The van der Waals surface area contributed by atoms with Crippen LogP contribution in [-0.2, 0) is 0 Å². The highest BCUT2D eigenvalue weighted by Crippen LogP contribution is 2.28. The van der Waals surface area contributed by atoms with Crippen LogP contribution in [0.1, 0.15) is 43.5 Å². The predicted molar refractivity (Wildman–Crippen MR) is 74.3 cm³/mol. The average Bonchev–Trinajstić information content (AvgIpc) is 2.33. The predicted octanol–water partition coefficient (Wildman–Crippen LogP) is 2.82. The Morgan fingerprint density at radius 1 is 1.22 bits per heavy atom. The second-order valence-corrected chi connectivity index (χ2v) is 5.60. The first-order valence-electron chi connectivity index (χ1n) is 6.72. The third-order valence-electron chi connectivity index (χ3n) is 3.92. The second-order valence-electron chi connectivity index (χ2n) is 5.60. The van der Waals surface area contributed by atoms with Gasteiger partial charge in [0.2, 0.25) is 0 Å². The van der Waals surface area contributed by atoms with E-state index in [4.69, 9.17) is 5.73 Å². The molecule has 0 aliphatic heterocycles. The Hall–Kier alpha value is -1.51. The largest absolute Gasteiger partial charge is 0.399 e. The molecule has 1 aliphatic rings. The lowest BCUT2D eigenvalue weighted by molar-refractivity contribution is 0.0899. The quantitative estimate of drug-likeness (QED) is 0.788. The van der Waals surface area contributed by atoms with Gasteiger partial charge in [-0.3, -0.25) is 4.79 Å². The molecular weight excluding hydrogens is 224 g/mol. The normalized spacial score (nSPS) is 27.8. The first-order valence-corrected chi connectivity index (χ1v) is 6.72. The maximum absolute atomic E-state index is 12.1. The Labute approximate surface area is 109 Å². The molecule has 2 rings (SSSR count). The van der Waals surface area contributed by atoms with Gasteiger partial charge in [0.05, 0.1) is 0 Å². The fraction of sp³-hybridized carbons (Fsp3) is 0.533. The highest BCUT2D eigenvalue weighted by atomic mass is 16.1. The molecule has 0 radical (unpaired) electrons. The Bertz CT molecular complexity index is 413. The maximum Gasteiger partial charge on any atom is 0.251 e. The van der Waals surface area contributed by atoms with E-state index in [1.165, 1.54) is 12.8 Å². The van der Waals surface area contributed by atoms with Crippen LogP contribution in [0.3, 0.4) is 0 Å². The highest BCUT2D eigenvalue weighted by Gasteiger charge is 2.26. The van der Waals surface area contributed by atoms with Gasteiger partial charge < -0.3 is 11.1 Å². The number of benzene rings is 1. The van der Waals surface area contributed by atoms with E-state index in [0.29, 0.717) is 23.2 Å². The summed E-state index contributed by atoms with van der Waals surface area (Å²) in [6.45, 7) is 4.51. The van der Waals surface area contributed by atoms with Crippen molar-refractivity contribution >= 4 is 11.6 Å². The molecular formula is C15H22N2O. The summed E-state index contributed by atoms with van der Waals surface area (Å²) in [5.41, 5.74) is 6.99. The van der Waals surface area contributed by atoms with E-state index in [0.717, 1.165) is 12.3 Å². The lowest BCUT2D eigenvalue weighted by Crippen LogP contribution is -2.42. The van der Waals surface area contributed by atoms with Gasteiger partial charge in [0, 0.05) is 17.3 Å². The first-order chi connectivity index (χ1) is 8.56. The standard InChI is InChI=1S/C15H22N2O/c1-10-3-8-14(11(2)9-10)17-15(18)12-4-6-13(16)7-5-12/h4-7,10-11,14H,3,8-9,16H2,1-2H3,(H,17,18). The van der Waals surface area contributed by atoms with Gasteiger partial charge in [-0.25, -0.2) is 0 Å². The minimum absolute atomic E-state index is 0.0152.